The first-order chi connectivity index (χ1) is 15.0. The number of quaternary nitrogens is 1. The molecule has 0 amide bonds. The third-order valence-electron chi connectivity index (χ3n) is 4.99. The van der Waals surface area contributed by atoms with Gasteiger partial charge < -0.3 is 15.5 Å². The summed E-state index contributed by atoms with van der Waals surface area (Å²) in [5.74, 6) is 0. The van der Waals surface area contributed by atoms with Crippen LogP contribution in [0.3, 0.4) is 0 Å². The standard InChI is InChI=1S/C24H27BrN2.C2H6.CH5N/c1-26(2)22-13-9-20(10-14-22)24(19-7-5-18(17-25)6-8-19)21-11-15-23(16-12-21)27(3)4;2*1-2/h5-16,22H,17H2,1-4H3;1-2H3;2H2,1H3/p+1. The molecule has 0 spiro atoms. The van der Waals surface area contributed by atoms with Crippen molar-refractivity contribution in [1.82, 2.24) is 0 Å². The van der Waals surface area contributed by atoms with Crippen LogP contribution in [0.5, 0.6) is 0 Å². The van der Waals surface area contributed by atoms with Gasteiger partial charge in [0.2, 0.25) is 0 Å². The molecule has 0 fully saturated rings. The molecule has 31 heavy (non-hydrogen) atoms. The number of nitrogens with two attached hydrogens (primary N) is 1. The summed E-state index contributed by atoms with van der Waals surface area (Å²) < 4.78 is 0. The lowest BCUT2D eigenvalue weighted by molar-refractivity contribution is -0.871. The van der Waals surface area contributed by atoms with Crippen molar-refractivity contribution in [2.24, 2.45) is 5.73 Å². The first kappa shape index (κ1) is 26.9. The Morgan fingerprint density at radius 2 is 1.32 bits per heavy atom. The summed E-state index contributed by atoms with van der Waals surface area (Å²) in [5.41, 5.74) is 12.0. The van der Waals surface area contributed by atoms with Gasteiger partial charge in [0.05, 0.1) is 14.1 Å². The van der Waals surface area contributed by atoms with Crippen LogP contribution in [0, 0.1) is 0 Å². The minimum atomic E-state index is 0.432. The molecule has 1 aliphatic carbocycles. The first-order valence-electron chi connectivity index (χ1n) is 10.9. The minimum absolute atomic E-state index is 0.432. The van der Waals surface area contributed by atoms with Crippen LogP contribution in [-0.2, 0) is 5.33 Å². The van der Waals surface area contributed by atoms with E-state index in [9.17, 15) is 0 Å². The van der Waals surface area contributed by atoms with Crippen molar-refractivity contribution in [1.29, 1.82) is 0 Å². The van der Waals surface area contributed by atoms with E-state index in [2.05, 4.69) is 128 Å². The van der Waals surface area contributed by atoms with E-state index >= 15 is 0 Å². The summed E-state index contributed by atoms with van der Waals surface area (Å²) in [6, 6.07) is 18.1. The quantitative estimate of drug-likeness (QED) is 0.603. The zero-order valence-corrected chi connectivity index (χ0v) is 21.7. The highest BCUT2D eigenvalue weighted by molar-refractivity contribution is 9.08. The Kier molecular flexibility index (Phi) is 12.2. The van der Waals surface area contributed by atoms with Crippen molar-refractivity contribution < 1.29 is 4.90 Å². The molecule has 3 N–H and O–H groups in total. The summed E-state index contributed by atoms with van der Waals surface area (Å²) in [6.45, 7) is 4.00. The maximum absolute atomic E-state index is 4.50. The van der Waals surface area contributed by atoms with Gasteiger partial charge in [-0.15, -0.1) is 0 Å². The summed E-state index contributed by atoms with van der Waals surface area (Å²) in [6.07, 6.45) is 9.13. The number of hydrogen-bond acceptors (Lipinski definition) is 2. The van der Waals surface area contributed by atoms with E-state index in [0.717, 1.165) is 5.33 Å². The number of allylic oxidation sites excluding steroid dienone is 3. The van der Waals surface area contributed by atoms with Crippen molar-refractivity contribution in [2.45, 2.75) is 25.2 Å². The average molecular weight is 486 g/mol. The van der Waals surface area contributed by atoms with Gasteiger partial charge in [0.15, 0.2) is 0 Å². The molecule has 0 heterocycles. The maximum atomic E-state index is 4.50. The highest BCUT2D eigenvalue weighted by Crippen LogP contribution is 2.31. The van der Waals surface area contributed by atoms with Crippen LogP contribution >= 0.6 is 15.9 Å². The number of halogens is 1. The molecule has 3 nitrogen and oxygen atoms in total. The highest BCUT2D eigenvalue weighted by atomic mass is 79.9. The van der Waals surface area contributed by atoms with Gasteiger partial charge in [-0.1, -0.05) is 78.3 Å². The zero-order valence-electron chi connectivity index (χ0n) is 20.1. The molecule has 2 aromatic carbocycles. The van der Waals surface area contributed by atoms with Gasteiger partial charge in [-0.25, -0.2) is 0 Å². The number of hydrogen-bond donors (Lipinski definition) is 2. The molecule has 2 aromatic rings. The number of alkyl halides is 1. The normalized spacial score (nSPS) is 14.4. The van der Waals surface area contributed by atoms with Crippen LogP contribution < -0.4 is 15.5 Å². The minimum Gasteiger partial charge on any atom is -0.378 e. The van der Waals surface area contributed by atoms with E-state index in [1.54, 1.807) is 0 Å². The van der Waals surface area contributed by atoms with Crippen LogP contribution in [0.4, 0.5) is 5.69 Å². The first-order valence-corrected chi connectivity index (χ1v) is 12.0. The van der Waals surface area contributed by atoms with Gasteiger partial charge in [-0.05, 0) is 59.2 Å². The zero-order chi connectivity index (χ0) is 23.4. The van der Waals surface area contributed by atoms with Gasteiger partial charge in [-0.2, -0.15) is 0 Å². The highest BCUT2D eigenvalue weighted by Gasteiger charge is 2.15. The molecule has 0 unspecified atom stereocenters. The van der Waals surface area contributed by atoms with Crippen molar-refractivity contribution >= 4 is 27.2 Å². The van der Waals surface area contributed by atoms with Gasteiger partial charge >= 0.3 is 0 Å². The van der Waals surface area contributed by atoms with Crippen LogP contribution in [0.1, 0.15) is 30.5 Å². The predicted molar refractivity (Wildman–Crippen MR) is 142 cm³/mol. The Balaban J connectivity index is 0.00000113. The second-order valence-corrected chi connectivity index (χ2v) is 7.98. The third kappa shape index (κ3) is 7.49. The Hall–Kier alpha value is -2.14. The largest absolute Gasteiger partial charge is 0.378 e. The molecule has 3 rings (SSSR count). The van der Waals surface area contributed by atoms with Crippen molar-refractivity contribution in [2.75, 3.05) is 40.1 Å². The van der Waals surface area contributed by atoms with Crippen LogP contribution in [0.25, 0.3) is 5.57 Å². The monoisotopic (exact) mass is 484 g/mol. The Morgan fingerprint density at radius 3 is 1.71 bits per heavy atom. The van der Waals surface area contributed by atoms with Gasteiger partial charge in [0, 0.05) is 25.1 Å². The molecule has 0 saturated carbocycles. The van der Waals surface area contributed by atoms with Crippen LogP contribution in [0.2, 0.25) is 0 Å². The molecule has 0 bridgehead atoms. The molecule has 168 valence electrons. The van der Waals surface area contributed by atoms with E-state index < -0.39 is 0 Å². The lowest BCUT2D eigenvalue weighted by Gasteiger charge is -2.20. The van der Waals surface area contributed by atoms with Crippen molar-refractivity contribution in [3.8, 4) is 0 Å². The van der Waals surface area contributed by atoms with Crippen molar-refractivity contribution in [3.63, 3.8) is 0 Å². The molecule has 0 aromatic heterocycles. The van der Waals surface area contributed by atoms with Crippen LogP contribution in [0.15, 0.2) is 78.4 Å². The molecule has 0 radical (unpaired) electrons. The number of anilines is 1. The van der Waals surface area contributed by atoms with E-state index in [4.69, 9.17) is 0 Å². The summed E-state index contributed by atoms with van der Waals surface area (Å²) in [4.78, 5) is 3.55. The Labute approximate surface area is 198 Å². The van der Waals surface area contributed by atoms with E-state index in [1.807, 2.05) is 13.8 Å². The SMILES string of the molecule is CC.CN.CN(C)c1ccc(C(=C2C=CC([NH+](C)C)C=C2)c2ccc(CBr)cc2)cc1. The topological polar surface area (TPSA) is 33.7 Å². The number of likely N-dealkylation sites (N-methyl/N-ethyl adjacent to an activating group) is 1. The Bertz CT molecular complexity index is 844. The molecular formula is C27H39BrN3+. The lowest BCUT2D eigenvalue weighted by Crippen LogP contribution is -3.09. The molecule has 4 heteroatoms. The third-order valence-corrected chi connectivity index (χ3v) is 5.64. The maximum Gasteiger partial charge on any atom is 0.125 e. The predicted octanol–water partition coefficient (Wildman–Crippen LogP) is 4.69. The molecule has 1 aliphatic rings. The van der Waals surface area contributed by atoms with E-state index in [1.165, 1.54) is 45.5 Å². The molecule has 0 atom stereocenters. The molecule has 0 aliphatic heterocycles. The van der Waals surface area contributed by atoms with Gasteiger partial charge in [-0.3, -0.25) is 0 Å². The number of benzene rings is 2. The van der Waals surface area contributed by atoms with Gasteiger partial charge in [0.25, 0.3) is 0 Å². The molecular weight excluding hydrogens is 446 g/mol. The summed E-state index contributed by atoms with van der Waals surface area (Å²) in [7, 11) is 10.0. The number of nitrogens with zero attached hydrogens (tertiary/aromatic N) is 1. The second kappa shape index (κ2) is 14.0. The van der Waals surface area contributed by atoms with Crippen LogP contribution in [-0.4, -0.2) is 41.3 Å². The fourth-order valence-corrected chi connectivity index (χ4v) is 3.65. The fourth-order valence-electron chi connectivity index (χ4n) is 3.27. The molecule has 0 saturated heterocycles. The number of rotatable bonds is 5. The van der Waals surface area contributed by atoms with E-state index in [-0.39, 0.29) is 0 Å². The van der Waals surface area contributed by atoms with Gasteiger partial charge in [0.1, 0.15) is 6.04 Å². The van der Waals surface area contributed by atoms with E-state index in [0.29, 0.717) is 6.04 Å². The lowest BCUT2D eigenvalue weighted by atomic mass is 9.90. The smallest absolute Gasteiger partial charge is 0.125 e. The van der Waals surface area contributed by atoms with Crippen molar-refractivity contribution in [3.05, 3.63) is 95.1 Å². The fraction of sp³-hybridized carbons (Fsp3) is 0.333. The summed E-state index contributed by atoms with van der Waals surface area (Å²) in [5, 5.41) is 0.879. The summed E-state index contributed by atoms with van der Waals surface area (Å²) >= 11 is 3.54. The number of nitrogens with one attached hydrogen (secondary N) is 1. The average Bonchev–Trinajstić information content (AvgIpc) is 2.83. The Morgan fingerprint density at radius 1 is 0.871 bits per heavy atom. The second-order valence-electron chi connectivity index (χ2n) is 7.42.